The zero-order chi connectivity index (χ0) is 13.7. The average Bonchev–Trinajstić information content (AvgIpc) is 2.46. The van der Waals surface area contributed by atoms with Gasteiger partial charge in [0.1, 0.15) is 0 Å². The quantitative estimate of drug-likeness (QED) is 0.831. The molecule has 1 fully saturated rings. The van der Waals surface area contributed by atoms with Gasteiger partial charge in [0, 0.05) is 18.8 Å². The summed E-state index contributed by atoms with van der Waals surface area (Å²) in [6.45, 7) is 1.27. The molecule has 1 unspecified atom stereocenters. The predicted octanol–water partition coefficient (Wildman–Crippen LogP) is 0.374. The van der Waals surface area contributed by atoms with E-state index in [1.165, 1.54) is 18.3 Å². The first-order chi connectivity index (χ1) is 9.12. The van der Waals surface area contributed by atoms with E-state index in [1.54, 1.807) is 0 Å². The Morgan fingerprint density at radius 1 is 1.53 bits per heavy atom. The highest BCUT2D eigenvalue weighted by Gasteiger charge is 2.19. The van der Waals surface area contributed by atoms with Crippen molar-refractivity contribution in [2.24, 2.45) is 0 Å². The van der Waals surface area contributed by atoms with Crippen LogP contribution in [0.5, 0.6) is 0 Å². The Morgan fingerprint density at radius 2 is 2.37 bits per heavy atom. The zero-order valence-corrected chi connectivity index (χ0v) is 11.3. The molecule has 0 aliphatic carbocycles. The van der Waals surface area contributed by atoms with Crippen molar-refractivity contribution in [2.75, 3.05) is 13.1 Å². The molecule has 1 atom stereocenters. The maximum absolute atomic E-state index is 12.0. The minimum absolute atomic E-state index is 0.109. The van der Waals surface area contributed by atoms with Crippen molar-refractivity contribution < 1.29 is 8.42 Å². The van der Waals surface area contributed by atoms with Gasteiger partial charge in [0.05, 0.1) is 11.6 Å². The largest absolute Gasteiger partial charge is 0.313 e. The lowest BCUT2D eigenvalue weighted by Crippen LogP contribution is -2.43. The van der Waals surface area contributed by atoms with E-state index in [-0.39, 0.29) is 16.6 Å². The number of aromatic nitrogens is 1. The summed E-state index contributed by atoms with van der Waals surface area (Å²) in [5.41, 5.74) is 0.283. The smallest absolute Gasteiger partial charge is 0.258 e. The van der Waals surface area contributed by atoms with Gasteiger partial charge in [-0.1, -0.05) is 6.42 Å². The fourth-order valence-electron chi connectivity index (χ4n) is 2.01. The molecule has 0 bridgehead atoms. The van der Waals surface area contributed by atoms with Crippen LogP contribution in [-0.4, -0.2) is 32.5 Å². The molecule has 0 saturated carbocycles. The highest BCUT2D eigenvalue weighted by atomic mass is 32.2. The summed E-state index contributed by atoms with van der Waals surface area (Å²) in [6, 6.07) is 4.82. The van der Waals surface area contributed by atoms with Crippen LogP contribution in [0.15, 0.2) is 23.4 Å². The number of hydrogen-bond acceptors (Lipinski definition) is 5. The van der Waals surface area contributed by atoms with Gasteiger partial charge in [0.2, 0.25) is 0 Å². The number of piperidine rings is 1. The normalized spacial score (nSPS) is 19.8. The lowest BCUT2D eigenvalue weighted by molar-refractivity contribution is 0.398. The first-order valence-corrected chi connectivity index (χ1v) is 7.69. The van der Waals surface area contributed by atoms with Crippen molar-refractivity contribution in [3.05, 3.63) is 23.9 Å². The number of hydrogen-bond donors (Lipinski definition) is 2. The lowest BCUT2D eigenvalue weighted by Gasteiger charge is -2.23. The van der Waals surface area contributed by atoms with E-state index in [9.17, 15) is 8.42 Å². The maximum atomic E-state index is 12.0. The standard InChI is InChI=1S/C12H16N4O2S/c13-8-10-4-6-15-12(7-10)19(17,18)16-9-11-3-1-2-5-14-11/h4,6-7,11,14,16H,1-3,5,9H2. The molecule has 0 radical (unpaired) electrons. The molecule has 0 aromatic carbocycles. The van der Waals surface area contributed by atoms with E-state index in [2.05, 4.69) is 15.0 Å². The number of sulfonamides is 1. The number of pyridine rings is 1. The predicted molar refractivity (Wildman–Crippen MR) is 69.8 cm³/mol. The third kappa shape index (κ3) is 3.73. The van der Waals surface area contributed by atoms with E-state index in [0.29, 0.717) is 6.54 Å². The van der Waals surface area contributed by atoms with Gasteiger partial charge in [-0.05, 0) is 31.5 Å². The molecule has 7 heteroatoms. The fourth-order valence-corrected chi connectivity index (χ4v) is 3.06. The van der Waals surface area contributed by atoms with Crippen molar-refractivity contribution in [1.82, 2.24) is 15.0 Å². The third-order valence-electron chi connectivity index (χ3n) is 3.07. The second kappa shape index (κ2) is 6.10. The van der Waals surface area contributed by atoms with Gasteiger partial charge in [0.15, 0.2) is 5.03 Å². The summed E-state index contributed by atoms with van der Waals surface area (Å²) in [4.78, 5) is 3.80. The van der Waals surface area contributed by atoms with E-state index < -0.39 is 10.0 Å². The van der Waals surface area contributed by atoms with E-state index >= 15 is 0 Å². The van der Waals surface area contributed by atoms with Gasteiger partial charge in [-0.15, -0.1) is 0 Å². The van der Waals surface area contributed by atoms with Gasteiger partial charge < -0.3 is 5.32 Å². The monoisotopic (exact) mass is 280 g/mol. The SMILES string of the molecule is N#Cc1ccnc(S(=O)(=O)NCC2CCCCN2)c1. The molecular formula is C12H16N4O2S. The van der Waals surface area contributed by atoms with Crippen molar-refractivity contribution in [2.45, 2.75) is 30.3 Å². The Kier molecular flexibility index (Phi) is 4.47. The van der Waals surface area contributed by atoms with E-state index in [4.69, 9.17) is 5.26 Å². The van der Waals surface area contributed by atoms with Crippen LogP contribution < -0.4 is 10.0 Å². The van der Waals surface area contributed by atoms with Gasteiger partial charge in [-0.2, -0.15) is 5.26 Å². The molecule has 1 aliphatic rings. The number of rotatable bonds is 4. The maximum Gasteiger partial charge on any atom is 0.258 e. The summed E-state index contributed by atoms with van der Waals surface area (Å²) in [5, 5.41) is 11.9. The van der Waals surface area contributed by atoms with Crippen LogP contribution >= 0.6 is 0 Å². The summed E-state index contributed by atoms with van der Waals surface area (Å²) < 4.78 is 26.6. The molecule has 2 heterocycles. The molecule has 1 aliphatic heterocycles. The first kappa shape index (κ1) is 13.9. The van der Waals surface area contributed by atoms with Gasteiger partial charge in [-0.3, -0.25) is 0 Å². The molecular weight excluding hydrogens is 264 g/mol. The van der Waals surface area contributed by atoms with Crippen LogP contribution in [0.25, 0.3) is 0 Å². The molecule has 0 amide bonds. The topological polar surface area (TPSA) is 94.9 Å². The Labute approximate surface area is 112 Å². The minimum atomic E-state index is -3.64. The van der Waals surface area contributed by atoms with Crippen LogP contribution in [0.3, 0.4) is 0 Å². The molecule has 1 aromatic rings. The van der Waals surface area contributed by atoms with Crippen molar-refractivity contribution >= 4 is 10.0 Å². The first-order valence-electron chi connectivity index (χ1n) is 6.21. The molecule has 1 aromatic heterocycles. The Bertz CT molecular complexity index is 574. The number of nitrogens with zero attached hydrogens (tertiary/aromatic N) is 2. The second-order valence-corrected chi connectivity index (χ2v) is 6.21. The summed E-state index contributed by atoms with van der Waals surface area (Å²) in [7, 11) is -3.64. The number of nitrogens with one attached hydrogen (secondary N) is 2. The van der Waals surface area contributed by atoms with Crippen molar-refractivity contribution in [1.29, 1.82) is 5.26 Å². The van der Waals surface area contributed by atoms with Gasteiger partial charge in [0.25, 0.3) is 10.0 Å². The Morgan fingerprint density at radius 3 is 3.05 bits per heavy atom. The molecule has 102 valence electrons. The van der Waals surface area contributed by atoms with Crippen molar-refractivity contribution in [3.63, 3.8) is 0 Å². The average molecular weight is 280 g/mol. The second-order valence-electron chi connectivity index (χ2n) is 4.49. The molecule has 1 saturated heterocycles. The van der Waals surface area contributed by atoms with Crippen molar-refractivity contribution in [3.8, 4) is 6.07 Å². The zero-order valence-electron chi connectivity index (χ0n) is 10.5. The highest BCUT2D eigenvalue weighted by molar-refractivity contribution is 7.89. The molecule has 19 heavy (non-hydrogen) atoms. The third-order valence-corrected chi connectivity index (χ3v) is 4.39. The van der Waals surface area contributed by atoms with E-state index in [0.717, 1.165) is 25.8 Å². The fraction of sp³-hybridized carbons (Fsp3) is 0.500. The summed E-state index contributed by atoms with van der Waals surface area (Å²) in [5.74, 6) is 0. The Balaban J connectivity index is 2.03. The molecule has 0 spiro atoms. The van der Waals surface area contributed by atoms with Crippen LogP contribution in [-0.2, 0) is 10.0 Å². The Hall–Kier alpha value is -1.49. The van der Waals surface area contributed by atoms with Crippen LogP contribution in [0.1, 0.15) is 24.8 Å². The highest BCUT2D eigenvalue weighted by Crippen LogP contribution is 2.09. The number of nitriles is 1. The minimum Gasteiger partial charge on any atom is -0.313 e. The van der Waals surface area contributed by atoms with Crippen LogP contribution in [0.4, 0.5) is 0 Å². The van der Waals surface area contributed by atoms with Crippen LogP contribution in [0.2, 0.25) is 0 Å². The van der Waals surface area contributed by atoms with E-state index in [1.807, 2.05) is 6.07 Å². The molecule has 2 rings (SSSR count). The van der Waals surface area contributed by atoms with Crippen LogP contribution in [0, 0.1) is 11.3 Å². The summed E-state index contributed by atoms with van der Waals surface area (Å²) in [6.07, 6.45) is 4.54. The van der Waals surface area contributed by atoms with Gasteiger partial charge >= 0.3 is 0 Å². The molecule has 6 nitrogen and oxygen atoms in total. The lowest BCUT2D eigenvalue weighted by atomic mass is 10.1. The summed E-state index contributed by atoms with van der Waals surface area (Å²) >= 11 is 0. The van der Waals surface area contributed by atoms with Gasteiger partial charge in [-0.25, -0.2) is 18.1 Å². The molecule has 2 N–H and O–H groups in total.